The first-order valence-corrected chi connectivity index (χ1v) is 18.4. The summed E-state index contributed by atoms with van der Waals surface area (Å²) in [6.07, 6.45) is 46.1. The summed E-state index contributed by atoms with van der Waals surface area (Å²) in [5, 5.41) is 9.75. The number of carbonyl (C=O) groups is 1. The summed E-state index contributed by atoms with van der Waals surface area (Å²) >= 11 is 0. The fraction of sp³-hybridized carbons (Fsp3) is 0.725. The van der Waals surface area contributed by atoms with Gasteiger partial charge in [0, 0.05) is 6.42 Å². The van der Waals surface area contributed by atoms with Crippen LogP contribution in [0.25, 0.3) is 0 Å². The second-order valence-electron chi connectivity index (χ2n) is 12.9. The Morgan fingerprint density at radius 3 is 1.33 bits per heavy atom. The van der Waals surface area contributed by atoms with Crippen molar-refractivity contribution >= 4 is 12.7 Å². The standard InChI is InChI=1S/C40H71BO2/c1-6-8-10-12-14-16-18-20-22-24-26-28-30-32-34-36-38(3)40(4,41(5)43)39(42)37-35-33-31-29-27-25-23-21-19-17-15-13-11-9-7-2/h14-17,20-23,43H,3,6-13,18-19,24-37H2,1-2,4-5H3/b16-14-,17-15-,22-20-,23-21+. The van der Waals surface area contributed by atoms with Gasteiger partial charge in [0.15, 0.2) is 0 Å². The molecule has 0 saturated carbocycles. The lowest BCUT2D eigenvalue weighted by Gasteiger charge is -2.31. The maximum absolute atomic E-state index is 13.2. The molecule has 1 N–H and O–H groups in total. The molecule has 0 aromatic carbocycles. The van der Waals surface area contributed by atoms with Gasteiger partial charge in [-0.05, 0) is 83.5 Å². The van der Waals surface area contributed by atoms with Gasteiger partial charge in [0.2, 0.25) is 0 Å². The maximum Gasteiger partial charge on any atom is 0.303 e. The Bertz CT molecular complexity index is 715. The third-order valence-electron chi connectivity index (χ3n) is 8.93. The second kappa shape index (κ2) is 30.4. The molecule has 0 fully saturated rings. The molecule has 0 aliphatic rings. The van der Waals surface area contributed by atoms with Crippen LogP contribution in [0.2, 0.25) is 12.1 Å². The molecule has 0 spiro atoms. The fourth-order valence-electron chi connectivity index (χ4n) is 5.49. The molecule has 0 bridgehead atoms. The SMILES string of the molecule is C=C(CCCCCCC/C=C\C/C=C\CCCCC)C(C)(B(C)O)C(=O)CCCCCCC/C=C/C/C=C\CCCCC. The number of ketones is 1. The smallest absolute Gasteiger partial charge is 0.303 e. The molecule has 0 amide bonds. The highest BCUT2D eigenvalue weighted by Gasteiger charge is 2.42. The van der Waals surface area contributed by atoms with Gasteiger partial charge in [0.1, 0.15) is 5.78 Å². The Hall–Kier alpha value is -1.61. The van der Waals surface area contributed by atoms with Crippen molar-refractivity contribution in [2.45, 2.75) is 187 Å². The normalized spacial score (nSPS) is 13.6. The van der Waals surface area contributed by atoms with Crippen LogP contribution in [0.1, 0.15) is 175 Å². The van der Waals surface area contributed by atoms with Gasteiger partial charge in [-0.15, -0.1) is 0 Å². The molecule has 2 nitrogen and oxygen atoms in total. The highest BCUT2D eigenvalue weighted by Crippen LogP contribution is 2.41. The van der Waals surface area contributed by atoms with E-state index in [2.05, 4.69) is 69.0 Å². The van der Waals surface area contributed by atoms with E-state index < -0.39 is 12.2 Å². The predicted molar refractivity (Wildman–Crippen MR) is 195 cm³/mol. The molecular weight excluding hydrogens is 523 g/mol. The van der Waals surface area contributed by atoms with E-state index in [1.54, 1.807) is 6.82 Å². The highest BCUT2D eigenvalue weighted by molar-refractivity contribution is 6.59. The van der Waals surface area contributed by atoms with E-state index in [0.717, 1.165) is 56.9 Å². The topological polar surface area (TPSA) is 37.3 Å². The molecule has 0 saturated heterocycles. The summed E-state index contributed by atoms with van der Waals surface area (Å²) in [5.74, 6) is 0.167. The van der Waals surface area contributed by atoms with Crippen molar-refractivity contribution in [3.05, 3.63) is 60.8 Å². The first-order chi connectivity index (χ1) is 20.9. The minimum absolute atomic E-state index is 0.167. The number of allylic oxidation sites excluding steroid dienone is 9. The Morgan fingerprint density at radius 2 is 0.930 bits per heavy atom. The van der Waals surface area contributed by atoms with Crippen LogP contribution in [-0.2, 0) is 4.79 Å². The molecule has 246 valence electrons. The van der Waals surface area contributed by atoms with E-state index in [1.165, 1.54) is 96.3 Å². The van der Waals surface area contributed by atoms with Gasteiger partial charge >= 0.3 is 6.92 Å². The van der Waals surface area contributed by atoms with Crippen molar-refractivity contribution in [3.63, 3.8) is 0 Å². The number of rotatable bonds is 31. The first-order valence-electron chi connectivity index (χ1n) is 18.4. The van der Waals surface area contributed by atoms with Crippen molar-refractivity contribution < 1.29 is 9.82 Å². The average Bonchev–Trinajstić information content (AvgIpc) is 3.00. The molecule has 1 atom stereocenters. The first kappa shape index (κ1) is 41.4. The van der Waals surface area contributed by atoms with Crippen molar-refractivity contribution in [1.29, 1.82) is 0 Å². The molecule has 43 heavy (non-hydrogen) atoms. The maximum atomic E-state index is 13.2. The largest absolute Gasteiger partial charge is 0.449 e. The van der Waals surface area contributed by atoms with Crippen molar-refractivity contribution in [1.82, 2.24) is 0 Å². The lowest BCUT2D eigenvalue weighted by molar-refractivity contribution is -0.121. The Balaban J connectivity index is 3.98. The van der Waals surface area contributed by atoms with Crippen LogP contribution in [0.3, 0.4) is 0 Å². The van der Waals surface area contributed by atoms with Gasteiger partial charge < -0.3 is 5.02 Å². The van der Waals surface area contributed by atoms with Gasteiger partial charge in [-0.2, -0.15) is 0 Å². The monoisotopic (exact) mass is 595 g/mol. The Morgan fingerprint density at radius 1 is 0.581 bits per heavy atom. The van der Waals surface area contributed by atoms with Gasteiger partial charge in [-0.25, -0.2) is 0 Å². The molecule has 3 heteroatoms. The number of hydrogen-bond donors (Lipinski definition) is 1. The van der Waals surface area contributed by atoms with Crippen molar-refractivity contribution in [2.75, 3.05) is 0 Å². The Labute approximate surface area is 269 Å². The molecule has 0 aromatic rings. The van der Waals surface area contributed by atoms with E-state index in [-0.39, 0.29) is 5.78 Å². The summed E-state index contributed by atoms with van der Waals surface area (Å²) in [4.78, 5) is 13.2. The van der Waals surface area contributed by atoms with Gasteiger partial charge in [-0.3, -0.25) is 4.79 Å². The average molecular weight is 595 g/mol. The summed E-state index contributed by atoms with van der Waals surface area (Å²) < 4.78 is 0. The molecule has 1 unspecified atom stereocenters. The lowest BCUT2D eigenvalue weighted by Crippen LogP contribution is -2.36. The van der Waals surface area contributed by atoms with Crippen LogP contribution >= 0.6 is 0 Å². The van der Waals surface area contributed by atoms with Crippen molar-refractivity contribution in [3.8, 4) is 0 Å². The van der Waals surface area contributed by atoms with Crippen LogP contribution in [0, 0.1) is 0 Å². The fourth-order valence-corrected chi connectivity index (χ4v) is 5.49. The number of hydrogen-bond acceptors (Lipinski definition) is 2. The third kappa shape index (κ3) is 23.4. The summed E-state index contributed by atoms with van der Waals surface area (Å²) in [7, 11) is 0. The minimum Gasteiger partial charge on any atom is -0.449 e. The third-order valence-corrected chi connectivity index (χ3v) is 8.93. The zero-order valence-electron chi connectivity index (χ0n) is 29.2. The van der Waals surface area contributed by atoms with Crippen LogP contribution in [0.15, 0.2) is 60.8 Å². The number of carbonyl (C=O) groups excluding carboxylic acids is 1. The quantitative estimate of drug-likeness (QED) is 0.0492. The van der Waals surface area contributed by atoms with Gasteiger partial charge in [0.05, 0.1) is 5.31 Å². The Kier molecular flexibility index (Phi) is 29.3. The molecule has 0 aliphatic carbocycles. The predicted octanol–water partition coefficient (Wildman–Crippen LogP) is 13.1. The number of Topliss-reactive ketones (excluding diaryl/α,β-unsaturated/α-hetero) is 1. The lowest BCUT2D eigenvalue weighted by atomic mass is 9.43. The van der Waals surface area contributed by atoms with Gasteiger partial charge in [-0.1, -0.05) is 153 Å². The highest BCUT2D eigenvalue weighted by atomic mass is 16.2. The number of unbranched alkanes of at least 4 members (excludes halogenated alkanes) is 16. The van der Waals surface area contributed by atoms with Crippen LogP contribution in [0.5, 0.6) is 0 Å². The molecule has 0 rings (SSSR count). The zero-order chi connectivity index (χ0) is 31.9. The molecule has 0 aliphatic heterocycles. The van der Waals surface area contributed by atoms with E-state index in [4.69, 9.17) is 0 Å². The van der Waals surface area contributed by atoms with E-state index in [0.29, 0.717) is 6.42 Å². The second-order valence-corrected chi connectivity index (χ2v) is 12.9. The molecule has 0 aromatic heterocycles. The minimum atomic E-state index is -0.815. The van der Waals surface area contributed by atoms with E-state index in [1.807, 2.05) is 6.92 Å². The summed E-state index contributed by atoms with van der Waals surface area (Å²) in [6, 6.07) is 0. The zero-order valence-corrected chi connectivity index (χ0v) is 29.2. The summed E-state index contributed by atoms with van der Waals surface area (Å²) in [6.45, 7) is 11.8. The van der Waals surface area contributed by atoms with Crippen molar-refractivity contribution in [2.24, 2.45) is 0 Å². The van der Waals surface area contributed by atoms with Crippen LogP contribution < -0.4 is 0 Å². The van der Waals surface area contributed by atoms with Gasteiger partial charge in [0.25, 0.3) is 0 Å². The molecular formula is C40H71BO2. The molecule has 0 radical (unpaired) electrons. The van der Waals surface area contributed by atoms with E-state index in [9.17, 15) is 9.82 Å². The van der Waals surface area contributed by atoms with E-state index >= 15 is 0 Å². The van der Waals surface area contributed by atoms with Crippen LogP contribution in [-0.4, -0.2) is 17.7 Å². The molecule has 0 heterocycles. The van der Waals surface area contributed by atoms with Crippen LogP contribution in [0.4, 0.5) is 0 Å². The summed E-state index contributed by atoms with van der Waals surface area (Å²) in [5.41, 5.74) is 0.917.